The quantitative estimate of drug-likeness (QED) is 0.929. The maximum Gasteiger partial charge on any atom is 0.228 e. The molecule has 0 radical (unpaired) electrons. The molecule has 22 heavy (non-hydrogen) atoms. The first-order chi connectivity index (χ1) is 10.7. The van der Waals surface area contributed by atoms with Crippen molar-refractivity contribution < 1.29 is 4.79 Å². The van der Waals surface area contributed by atoms with E-state index >= 15 is 0 Å². The number of nitrogens with zero attached hydrogens (tertiary/aromatic N) is 5. The lowest BCUT2D eigenvalue weighted by atomic mass is 9.94. The second-order valence-electron chi connectivity index (χ2n) is 5.29. The number of hydrogen-bond donors (Lipinski definition) is 1. The third kappa shape index (κ3) is 3.19. The second-order valence-corrected chi connectivity index (χ2v) is 5.29. The molecule has 1 saturated heterocycles. The molecule has 1 aliphatic heterocycles. The van der Waals surface area contributed by atoms with Crippen LogP contribution in [0, 0.1) is 0 Å². The van der Waals surface area contributed by atoms with Crippen LogP contribution in [0.4, 0.5) is 11.8 Å². The summed E-state index contributed by atoms with van der Waals surface area (Å²) in [7, 11) is 0. The van der Waals surface area contributed by atoms with Gasteiger partial charge in [0.15, 0.2) is 5.82 Å². The summed E-state index contributed by atoms with van der Waals surface area (Å²) in [5, 5.41) is 3.11. The van der Waals surface area contributed by atoms with Crippen molar-refractivity contribution in [2.45, 2.75) is 25.7 Å². The third-order valence-corrected chi connectivity index (χ3v) is 3.78. The Morgan fingerprint density at radius 2 is 1.95 bits per heavy atom. The number of carbonyl (C=O) groups excluding carboxylic acids is 1. The van der Waals surface area contributed by atoms with Gasteiger partial charge in [0.25, 0.3) is 0 Å². The van der Waals surface area contributed by atoms with E-state index in [1.54, 1.807) is 37.8 Å². The van der Waals surface area contributed by atoms with Crippen LogP contribution in [-0.2, 0) is 4.79 Å². The lowest BCUT2D eigenvalue weighted by molar-refractivity contribution is -0.130. The monoisotopic (exact) mass is 298 g/mol. The predicted octanol–water partition coefficient (Wildman–Crippen LogP) is 1.74. The molecular weight excluding hydrogens is 280 g/mol. The minimum atomic E-state index is 0.106. The third-order valence-electron chi connectivity index (χ3n) is 3.78. The molecule has 0 aliphatic carbocycles. The van der Waals surface area contributed by atoms with Crippen molar-refractivity contribution >= 4 is 17.7 Å². The van der Waals surface area contributed by atoms with Gasteiger partial charge in [-0.05, 0) is 18.9 Å². The predicted molar refractivity (Wildman–Crippen MR) is 81.6 cm³/mol. The van der Waals surface area contributed by atoms with Crippen LogP contribution in [0.5, 0.6) is 0 Å². The Balaban J connectivity index is 1.83. The zero-order valence-electron chi connectivity index (χ0n) is 12.4. The topological polar surface area (TPSA) is 83.9 Å². The smallest absolute Gasteiger partial charge is 0.228 e. The van der Waals surface area contributed by atoms with Crippen LogP contribution in [0.25, 0.3) is 0 Å². The van der Waals surface area contributed by atoms with Gasteiger partial charge in [-0.1, -0.05) is 0 Å². The Morgan fingerprint density at radius 3 is 2.73 bits per heavy atom. The Labute approximate surface area is 128 Å². The number of likely N-dealkylation sites (tertiary alicyclic amines) is 1. The number of anilines is 2. The summed E-state index contributed by atoms with van der Waals surface area (Å²) < 4.78 is 0. The van der Waals surface area contributed by atoms with Crippen LogP contribution < -0.4 is 5.32 Å². The molecule has 1 amide bonds. The Hall–Kier alpha value is -2.57. The highest BCUT2D eigenvalue weighted by molar-refractivity contribution is 5.73. The maximum atomic E-state index is 11.6. The van der Waals surface area contributed by atoms with Crippen molar-refractivity contribution in [3.05, 3.63) is 36.5 Å². The maximum absolute atomic E-state index is 11.6. The number of carbonyl (C=O) groups is 1. The number of amides is 1. The minimum absolute atomic E-state index is 0.106. The zero-order chi connectivity index (χ0) is 15.4. The summed E-state index contributed by atoms with van der Waals surface area (Å²) in [6.45, 7) is 3.10. The average molecular weight is 298 g/mol. The Morgan fingerprint density at radius 1 is 1.18 bits per heavy atom. The molecule has 7 heteroatoms. The molecule has 0 saturated carbocycles. The molecule has 3 rings (SSSR count). The molecule has 0 bridgehead atoms. The normalized spacial score (nSPS) is 18.0. The van der Waals surface area contributed by atoms with Crippen molar-refractivity contribution in [1.29, 1.82) is 0 Å². The lowest BCUT2D eigenvalue weighted by Crippen LogP contribution is -2.38. The van der Waals surface area contributed by atoms with Gasteiger partial charge >= 0.3 is 0 Å². The number of nitrogens with one attached hydrogen (secondary N) is 1. The van der Waals surface area contributed by atoms with Crippen molar-refractivity contribution in [2.24, 2.45) is 0 Å². The van der Waals surface area contributed by atoms with Crippen LogP contribution in [0.1, 0.15) is 31.4 Å². The van der Waals surface area contributed by atoms with Gasteiger partial charge in [0.1, 0.15) is 0 Å². The van der Waals surface area contributed by atoms with Crippen LogP contribution in [0.15, 0.2) is 30.9 Å². The van der Waals surface area contributed by atoms with Gasteiger partial charge in [0.05, 0.1) is 5.69 Å². The number of rotatable bonds is 3. The van der Waals surface area contributed by atoms with Gasteiger partial charge in [-0.25, -0.2) is 15.0 Å². The standard InChI is InChI=1S/C15H18N6O/c1-11(22)21-9-2-4-12(10-21)13-14(17-8-7-16-13)20-15-18-5-3-6-19-15/h3,5-8,12H,2,4,9-10H2,1H3,(H,17,18,19,20)/t12-/m0/s1. The van der Waals surface area contributed by atoms with Gasteiger partial charge < -0.3 is 10.2 Å². The van der Waals surface area contributed by atoms with E-state index < -0.39 is 0 Å². The fourth-order valence-electron chi connectivity index (χ4n) is 2.70. The highest BCUT2D eigenvalue weighted by Crippen LogP contribution is 2.29. The van der Waals surface area contributed by atoms with E-state index in [1.165, 1.54) is 0 Å². The molecule has 0 unspecified atom stereocenters. The van der Waals surface area contributed by atoms with Gasteiger partial charge in [-0.15, -0.1) is 0 Å². The van der Waals surface area contributed by atoms with Crippen LogP contribution in [-0.4, -0.2) is 43.8 Å². The molecule has 1 N–H and O–H groups in total. The molecule has 114 valence electrons. The van der Waals surface area contributed by atoms with E-state index in [2.05, 4.69) is 25.3 Å². The van der Waals surface area contributed by atoms with E-state index in [-0.39, 0.29) is 11.8 Å². The summed E-state index contributed by atoms with van der Waals surface area (Å²) in [5.41, 5.74) is 0.862. The molecule has 1 fully saturated rings. The molecule has 0 aromatic carbocycles. The van der Waals surface area contributed by atoms with Crippen LogP contribution in [0.2, 0.25) is 0 Å². The summed E-state index contributed by atoms with van der Waals surface area (Å²) in [6.07, 6.45) is 8.63. The summed E-state index contributed by atoms with van der Waals surface area (Å²) in [6, 6.07) is 1.76. The summed E-state index contributed by atoms with van der Waals surface area (Å²) >= 11 is 0. The first-order valence-electron chi connectivity index (χ1n) is 7.34. The SMILES string of the molecule is CC(=O)N1CCC[C@H](c2nccnc2Nc2ncccn2)C1. The molecule has 1 aliphatic rings. The number of piperidine rings is 1. The van der Waals surface area contributed by atoms with E-state index in [0.717, 1.165) is 25.1 Å². The van der Waals surface area contributed by atoms with E-state index in [9.17, 15) is 4.79 Å². The molecule has 2 aromatic heterocycles. The lowest BCUT2D eigenvalue weighted by Gasteiger charge is -2.32. The molecule has 7 nitrogen and oxygen atoms in total. The van der Waals surface area contributed by atoms with E-state index in [0.29, 0.717) is 18.3 Å². The fraction of sp³-hybridized carbons (Fsp3) is 0.400. The highest BCUT2D eigenvalue weighted by Gasteiger charge is 2.26. The molecule has 0 spiro atoms. The Bertz CT molecular complexity index is 647. The van der Waals surface area contributed by atoms with Gasteiger partial charge in [0.2, 0.25) is 11.9 Å². The molecular formula is C15H18N6O. The first-order valence-corrected chi connectivity index (χ1v) is 7.34. The van der Waals surface area contributed by atoms with Crippen molar-refractivity contribution in [1.82, 2.24) is 24.8 Å². The van der Waals surface area contributed by atoms with Crippen LogP contribution >= 0.6 is 0 Å². The molecule has 3 heterocycles. The molecule has 1 atom stereocenters. The number of aromatic nitrogens is 4. The minimum Gasteiger partial charge on any atom is -0.342 e. The van der Waals surface area contributed by atoms with E-state index in [1.807, 2.05) is 4.90 Å². The average Bonchev–Trinajstić information content (AvgIpc) is 2.56. The Kier molecular flexibility index (Phi) is 4.22. The summed E-state index contributed by atoms with van der Waals surface area (Å²) in [5.74, 6) is 1.43. The van der Waals surface area contributed by atoms with Crippen molar-refractivity contribution in [3.63, 3.8) is 0 Å². The van der Waals surface area contributed by atoms with Gasteiger partial charge in [-0.3, -0.25) is 9.78 Å². The van der Waals surface area contributed by atoms with E-state index in [4.69, 9.17) is 0 Å². The second kappa shape index (κ2) is 6.46. The number of hydrogen-bond acceptors (Lipinski definition) is 6. The fourth-order valence-corrected chi connectivity index (χ4v) is 2.70. The van der Waals surface area contributed by atoms with Gasteiger partial charge in [-0.2, -0.15) is 0 Å². The molecule has 2 aromatic rings. The van der Waals surface area contributed by atoms with Crippen molar-refractivity contribution in [3.8, 4) is 0 Å². The highest BCUT2D eigenvalue weighted by atomic mass is 16.2. The zero-order valence-corrected chi connectivity index (χ0v) is 12.4. The summed E-state index contributed by atoms with van der Waals surface area (Å²) in [4.78, 5) is 30.6. The van der Waals surface area contributed by atoms with Crippen LogP contribution in [0.3, 0.4) is 0 Å². The first kappa shape index (κ1) is 14.4. The largest absolute Gasteiger partial charge is 0.342 e. The van der Waals surface area contributed by atoms with Crippen molar-refractivity contribution in [2.75, 3.05) is 18.4 Å². The van der Waals surface area contributed by atoms with Gasteiger partial charge in [0, 0.05) is 50.7 Å².